The highest BCUT2D eigenvalue weighted by molar-refractivity contribution is 7.93. The Labute approximate surface area is 265 Å². The molecule has 2 amide bonds. The highest BCUT2D eigenvalue weighted by Gasteiger charge is 2.61. The molecule has 11 nitrogen and oxygen atoms in total. The number of nitrogens with zero attached hydrogens (tertiary/aromatic N) is 2. The van der Waals surface area contributed by atoms with Gasteiger partial charge in [0.1, 0.15) is 23.4 Å². The molecule has 2 aromatic rings. The molecular weight excluding hydrogens is 624 g/mol. The number of amides is 2. The smallest absolute Gasteiger partial charge is 0.472 e. The SMILES string of the molecule is C=C[C@@H]1C[C@]1(NC(=O)[C@@H]1C[C@@H](Oc2nccc3cc4c(cc23)OC(F)(F)O4)CN1C(=O)[C@@H](C)C(C)(C)C)C(=O)CS(=O)(=O)C1CC1. The van der Waals surface area contributed by atoms with Gasteiger partial charge in [-0.2, -0.15) is 0 Å². The van der Waals surface area contributed by atoms with E-state index in [0.29, 0.717) is 23.6 Å². The molecule has 248 valence electrons. The summed E-state index contributed by atoms with van der Waals surface area (Å²) in [6.07, 6.45) is -0.267. The Morgan fingerprint density at radius 1 is 1.22 bits per heavy atom. The first kappa shape index (κ1) is 32.1. The third-order valence-corrected chi connectivity index (χ3v) is 11.7. The molecule has 5 atom stereocenters. The summed E-state index contributed by atoms with van der Waals surface area (Å²) in [5.74, 6) is -3.30. The van der Waals surface area contributed by atoms with Gasteiger partial charge in [-0.05, 0) is 48.3 Å². The van der Waals surface area contributed by atoms with Gasteiger partial charge in [-0.25, -0.2) is 13.4 Å². The highest BCUT2D eigenvalue weighted by atomic mass is 32.2. The van der Waals surface area contributed by atoms with Gasteiger partial charge in [-0.3, -0.25) is 14.4 Å². The molecule has 0 bridgehead atoms. The van der Waals surface area contributed by atoms with Gasteiger partial charge in [0.15, 0.2) is 27.1 Å². The van der Waals surface area contributed by atoms with Crippen LogP contribution in [-0.2, 0) is 24.2 Å². The predicted molar refractivity (Wildman–Crippen MR) is 162 cm³/mol. The maximum atomic E-state index is 14.0. The van der Waals surface area contributed by atoms with Crippen LogP contribution in [0.2, 0.25) is 0 Å². The van der Waals surface area contributed by atoms with Crippen LogP contribution in [-0.4, -0.2) is 77.4 Å². The van der Waals surface area contributed by atoms with Gasteiger partial charge in [0, 0.05) is 29.8 Å². The van der Waals surface area contributed by atoms with Crippen LogP contribution in [0, 0.1) is 17.3 Å². The average molecular weight is 662 g/mol. The summed E-state index contributed by atoms with van der Waals surface area (Å²) in [5.41, 5.74) is -1.84. The van der Waals surface area contributed by atoms with Crippen molar-refractivity contribution in [3.8, 4) is 17.4 Å². The van der Waals surface area contributed by atoms with Gasteiger partial charge >= 0.3 is 6.29 Å². The summed E-state index contributed by atoms with van der Waals surface area (Å²) in [5, 5.41) is 3.15. The van der Waals surface area contributed by atoms with Crippen LogP contribution in [0.1, 0.15) is 53.4 Å². The van der Waals surface area contributed by atoms with E-state index in [1.165, 1.54) is 29.3 Å². The van der Waals surface area contributed by atoms with Crippen molar-refractivity contribution in [3.63, 3.8) is 0 Å². The normalized spacial score (nSPS) is 27.3. The Morgan fingerprint density at radius 2 is 1.89 bits per heavy atom. The van der Waals surface area contributed by atoms with Gasteiger partial charge in [0.25, 0.3) is 0 Å². The zero-order valence-electron chi connectivity index (χ0n) is 26.0. The van der Waals surface area contributed by atoms with E-state index in [1.54, 1.807) is 13.0 Å². The maximum Gasteiger partial charge on any atom is 0.586 e. The largest absolute Gasteiger partial charge is 0.586 e. The van der Waals surface area contributed by atoms with Crippen molar-refractivity contribution >= 4 is 38.2 Å². The number of likely N-dealkylation sites (tertiary alicyclic amines) is 1. The van der Waals surface area contributed by atoms with Crippen molar-refractivity contribution in [2.45, 2.75) is 82.6 Å². The minimum atomic E-state index is -3.81. The molecule has 0 unspecified atom stereocenters. The van der Waals surface area contributed by atoms with Crippen molar-refractivity contribution in [1.82, 2.24) is 15.2 Å². The number of nitrogens with one attached hydrogen (secondary N) is 1. The van der Waals surface area contributed by atoms with E-state index in [4.69, 9.17) is 4.74 Å². The molecule has 0 spiro atoms. The van der Waals surface area contributed by atoms with E-state index in [2.05, 4.69) is 26.4 Å². The Bertz CT molecular complexity index is 1740. The Kier molecular flexibility index (Phi) is 7.60. The molecule has 46 heavy (non-hydrogen) atoms. The van der Waals surface area contributed by atoms with E-state index in [9.17, 15) is 31.6 Å². The standard InChI is InChI=1S/C32H37F2N3O8S/c1-6-19-14-31(19,26(38)16-46(41,42)21-7-8-21)36-27(39)23-12-20(15-37(23)29(40)17(2)30(3,4)5)43-28-22-13-25-24(44-32(33,34)45-25)11-18(22)9-10-35-28/h6,9-11,13,17,19-21,23H,1,7-8,12,14-16H2,2-5H3,(H,36,39)/t17-,19-,20-,23+,31-/m1/s1. The molecule has 3 fully saturated rings. The second kappa shape index (κ2) is 10.9. The monoisotopic (exact) mass is 661 g/mol. The lowest BCUT2D eigenvalue weighted by Gasteiger charge is -2.33. The number of fused-ring (bicyclic) bond motifs is 2. The fourth-order valence-corrected chi connectivity index (χ4v) is 7.82. The van der Waals surface area contributed by atoms with Crippen molar-refractivity contribution in [3.05, 3.63) is 37.1 Å². The van der Waals surface area contributed by atoms with Crippen molar-refractivity contribution in [2.24, 2.45) is 17.3 Å². The number of carbonyl (C=O) groups excluding carboxylic acids is 3. The average Bonchev–Trinajstić information content (AvgIpc) is 3.87. The van der Waals surface area contributed by atoms with Crippen LogP contribution >= 0.6 is 0 Å². The molecule has 1 aromatic heterocycles. The lowest BCUT2D eigenvalue weighted by molar-refractivity contribution is -0.286. The van der Waals surface area contributed by atoms with Crippen molar-refractivity contribution in [2.75, 3.05) is 12.3 Å². The van der Waals surface area contributed by atoms with Crippen molar-refractivity contribution < 1.29 is 45.8 Å². The molecule has 2 saturated carbocycles. The highest BCUT2D eigenvalue weighted by Crippen LogP contribution is 2.47. The summed E-state index contributed by atoms with van der Waals surface area (Å²) in [6, 6.07) is 3.29. The van der Waals surface area contributed by atoms with Crippen LogP contribution in [0.5, 0.6) is 17.4 Å². The lowest BCUT2D eigenvalue weighted by atomic mass is 9.81. The molecule has 1 saturated heterocycles. The van der Waals surface area contributed by atoms with Crippen LogP contribution < -0.4 is 19.5 Å². The molecule has 1 aromatic carbocycles. The second-order valence-corrected chi connectivity index (χ2v) is 16.1. The summed E-state index contributed by atoms with van der Waals surface area (Å²) in [7, 11) is -3.62. The maximum absolute atomic E-state index is 14.0. The number of hydrogen-bond acceptors (Lipinski definition) is 9. The molecule has 4 aliphatic rings. The fourth-order valence-electron chi connectivity index (χ4n) is 6.10. The number of sulfone groups is 1. The number of benzene rings is 1. The number of rotatable bonds is 10. The van der Waals surface area contributed by atoms with Gasteiger partial charge < -0.3 is 24.4 Å². The van der Waals surface area contributed by atoms with Gasteiger partial charge in [0.2, 0.25) is 17.7 Å². The van der Waals surface area contributed by atoms with Gasteiger partial charge in [0.05, 0.1) is 11.8 Å². The summed E-state index contributed by atoms with van der Waals surface area (Å²) in [6.45, 7) is 11.3. The Morgan fingerprint density at radius 3 is 2.50 bits per heavy atom. The fraction of sp³-hybridized carbons (Fsp3) is 0.562. The summed E-state index contributed by atoms with van der Waals surface area (Å²) >= 11 is 0. The molecule has 1 N–H and O–H groups in total. The van der Waals surface area contributed by atoms with Crippen LogP contribution in [0.15, 0.2) is 37.1 Å². The topological polar surface area (TPSA) is 141 Å². The molecule has 0 radical (unpaired) electrons. The van der Waals surface area contributed by atoms with Crippen LogP contribution in [0.4, 0.5) is 8.78 Å². The number of ether oxygens (including phenoxy) is 3. The number of ketones is 1. The first-order valence-corrected chi connectivity index (χ1v) is 17.0. The third-order valence-electron chi connectivity index (χ3n) is 9.55. The van der Waals surface area contributed by atoms with Gasteiger partial charge in [-0.1, -0.05) is 33.8 Å². The number of carbonyl (C=O) groups is 3. The quantitative estimate of drug-likeness (QED) is 0.377. The number of Topliss-reactive ketones (excluding diaryl/α,β-unsaturated/α-hetero) is 1. The third kappa shape index (κ3) is 5.91. The first-order valence-electron chi connectivity index (χ1n) is 15.3. The minimum Gasteiger partial charge on any atom is -0.472 e. The number of hydrogen-bond donors (Lipinski definition) is 1. The Hall–Kier alpha value is -3.81. The summed E-state index contributed by atoms with van der Waals surface area (Å²) in [4.78, 5) is 46.9. The summed E-state index contributed by atoms with van der Waals surface area (Å²) < 4.78 is 68.1. The van der Waals surface area contributed by atoms with Crippen LogP contribution in [0.25, 0.3) is 10.8 Å². The molecular formula is C32H37F2N3O8S. The van der Waals surface area contributed by atoms with E-state index in [-0.39, 0.29) is 42.7 Å². The molecule has 2 aliphatic carbocycles. The number of alkyl halides is 2. The molecule has 14 heteroatoms. The van der Waals surface area contributed by atoms with E-state index in [1.807, 2.05) is 20.8 Å². The zero-order valence-corrected chi connectivity index (χ0v) is 26.9. The van der Waals surface area contributed by atoms with E-state index >= 15 is 0 Å². The first-order chi connectivity index (χ1) is 21.4. The van der Waals surface area contributed by atoms with Crippen LogP contribution in [0.3, 0.4) is 0 Å². The van der Waals surface area contributed by atoms with Crippen molar-refractivity contribution in [1.29, 1.82) is 0 Å². The number of pyridine rings is 1. The zero-order chi connectivity index (χ0) is 33.4. The van der Waals surface area contributed by atoms with Gasteiger partial charge in [-0.15, -0.1) is 15.4 Å². The number of halogens is 2. The van der Waals surface area contributed by atoms with E-state index < -0.39 is 73.8 Å². The number of aromatic nitrogens is 1. The molecule has 2 aliphatic heterocycles. The predicted octanol–water partition coefficient (Wildman–Crippen LogP) is 3.79. The Balaban J connectivity index is 1.26. The lowest BCUT2D eigenvalue weighted by Crippen LogP contribution is -2.55. The molecule has 6 rings (SSSR count). The second-order valence-electron chi connectivity index (χ2n) is 13.8. The van der Waals surface area contributed by atoms with E-state index in [0.717, 1.165) is 0 Å². The minimum absolute atomic E-state index is 0.0138. The molecule has 3 heterocycles.